The quantitative estimate of drug-likeness (QED) is 0.846. The molecule has 0 radical (unpaired) electrons. The Morgan fingerprint density at radius 2 is 1.86 bits per heavy atom. The number of hydrogen-bond acceptors (Lipinski definition) is 3. The number of likely N-dealkylation sites (N-methyl/N-ethyl adjacent to an activating group) is 2. The van der Waals surface area contributed by atoms with E-state index in [1.807, 2.05) is 14.0 Å². The van der Waals surface area contributed by atoms with Crippen LogP contribution >= 0.6 is 0 Å². The number of carboxylic acids is 1. The molecule has 21 heavy (non-hydrogen) atoms. The largest absolute Gasteiger partial charge is 0.481 e. The molecule has 1 saturated carbocycles. The maximum atomic E-state index is 12.5. The van der Waals surface area contributed by atoms with Crippen molar-refractivity contribution in [2.24, 2.45) is 11.8 Å². The lowest BCUT2D eigenvalue weighted by molar-refractivity contribution is -0.142. The van der Waals surface area contributed by atoms with E-state index in [9.17, 15) is 14.7 Å². The standard InChI is InChI=1S/C15H27N3O3/c1-11-8-18(9-12(11)13(19)20)14(21)17(4)10-15(16(2)3)6-5-7-15/h11-12H,5-10H2,1-4H3,(H,19,20). The van der Waals surface area contributed by atoms with E-state index in [2.05, 4.69) is 19.0 Å². The maximum absolute atomic E-state index is 12.5. The summed E-state index contributed by atoms with van der Waals surface area (Å²) in [7, 11) is 5.95. The van der Waals surface area contributed by atoms with Crippen LogP contribution in [0.1, 0.15) is 26.2 Å². The molecular formula is C15H27N3O3. The maximum Gasteiger partial charge on any atom is 0.319 e. The minimum absolute atomic E-state index is 0.0198. The molecule has 6 nitrogen and oxygen atoms in total. The number of aliphatic carboxylic acids is 1. The first-order valence-electron chi connectivity index (χ1n) is 7.67. The average Bonchev–Trinajstić information content (AvgIpc) is 2.74. The van der Waals surface area contributed by atoms with Crippen LogP contribution in [0.5, 0.6) is 0 Å². The summed E-state index contributed by atoms with van der Waals surface area (Å²) in [6.45, 7) is 3.48. The van der Waals surface area contributed by atoms with Crippen LogP contribution in [-0.4, -0.2) is 78.1 Å². The highest BCUT2D eigenvalue weighted by atomic mass is 16.4. The summed E-state index contributed by atoms with van der Waals surface area (Å²) in [6.07, 6.45) is 3.44. The van der Waals surface area contributed by atoms with Gasteiger partial charge in [0.25, 0.3) is 0 Å². The highest BCUT2D eigenvalue weighted by molar-refractivity contribution is 5.77. The van der Waals surface area contributed by atoms with Gasteiger partial charge in [-0.3, -0.25) is 4.79 Å². The number of amides is 2. The van der Waals surface area contributed by atoms with Crippen LogP contribution in [0, 0.1) is 11.8 Å². The SMILES string of the molecule is CC1CN(C(=O)N(C)CC2(N(C)C)CCC2)CC1C(=O)O. The molecule has 1 aliphatic carbocycles. The van der Waals surface area contributed by atoms with E-state index in [-0.39, 0.29) is 17.5 Å². The van der Waals surface area contributed by atoms with Crippen LogP contribution in [0.3, 0.4) is 0 Å². The summed E-state index contributed by atoms with van der Waals surface area (Å²) in [5, 5.41) is 9.17. The van der Waals surface area contributed by atoms with E-state index in [0.717, 1.165) is 12.8 Å². The van der Waals surface area contributed by atoms with Crippen LogP contribution in [0.2, 0.25) is 0 Å². The second kappa shape index (κ2) is 5.83. The predicted molar refractivity (Wildman–Crippen MR) is 80.2 cm³/mol. The first-order valence-corrected chi connectivity index (χ1v) is 7.67. The fraction of sp³-hybridized carbons (Fsp3) is 0.867. The molecule has 0 aromatic rings. The topological polar surface area (TPSA) is 64.1 Å². The van der Waals surface area contributed by atoms with E-state index in [0.29, 0.717) is 19.6 Å². The van der Waals surface area contributed by atoms with E-state index in [4.69, 9.17) is 0 Å². The first-order chi connectivity index (χ1) is 9.77. The van der Waals surface area contributed by atoms with Crippen molar-refractivity contribution in [1.82, 2.24) is 14.7 Å². The number of nitrogens with zero attached hydrogens (tertiary/aromatic N) is 3. The Kier molecular flexibility index (Phi) is 4.46. The van der Waals surface area contributed by atoms with Gasteiger partial charge >= 0.3 is 12.0 Å². The zero-order valence-electron chi connectivity index (χ0n) is 13.5. The lowest BCUT2D eigenvalue weighted by Crippen LogP contribution is -2.58. The summed E-state index contributed by atoms with van der Waals surface area (Å²) in [4.78, 5) is 29.4. The van der Waals surface area contributed by atoms with Crippen molar-refractivity contribution < 1.29 is 14.7 Å². The number of likely N-dealkylation sites (tertiary alicyclic amines) is 1. The second-order valence-electron chi connectivity index (χ2n) is 6.94. The van der Waals surface area contributed by atoms with Gasteiger partial charge in [0.05, 0.1) is 5.92 Å². The van der Waals surface area contributed by atoms with E-state index in [1.54, 1.807) is 9.80 Å². The molecule has 1 saturated heterocycles. The Morgan fingerprint density at radius 3 is 2.24 bits per heavy atom. The molecule has 1 heterocycles. The van der Waals surface area contributed by atoms with E-state index < -0.39 is 11.9 Å². The number of urea groups is 1. The highest BCUT2D eigenvalue weighted by Crippen LogP contribution is 2.37. The van der Waals surface area contributed by atoms with Crippen molar-refractivity contribution in [2.75, 3.05) is 40.8 Å². The Morgan fingerprint density at radius 1 is 1.24 bits per heavy atom. The third-order valence-corrected chi connectivity index (χ3v) is 5.29. The van der Waals surface area contributed by atoms with Gasteiger partial charge in [-0.05, 0) is 39.3 Å². The van der Waals surface area contributed by atoms with Gasteiger partial charge in [-0.15, -0.1) is 0 Å². The Balaban J connectivity index is 1.96. The van der Waals surface area contributed by atoms with Crippen molar-refractivity contribution in [3.05, 3.63) is 0 Å². The van der Waals surface area contributed by atoms with Gasteiger partial charge in [-0.25, -0.2) is 4.79 Å². The van der Waals surface area contributed by atoms with Crippen molar-refractivity contribution in [1.29, 1.82) is 0 Å². The van der Waals surface area contributed by atoms with Crippen LogP contribution < -0.4 is 0 Å². The van der Waals surface area contributed by atoms with Gasteiger partial charge in [-0.2, -0.15) is 0 Å². The molecule has 2 aliphatic rings. The number of carbonyl (C=O) groups excluding carboxylic acids is 1. The third-order valence-electron chi connectivity index (χ3n) is 5.29. The Bertz CT molecular complexity index is 420. The minimum atomic E-state index is -0.802. The van der Waals surface area contributed by atoms with Gasteiger partial charge in [0.1, 0.15) is 0 Å². The lowest BCUT2D eigenvalue weighted by atomic mass is 9.75. The summed E-state index contributed by atoms with van der Waals surface area (Å²) >= 11 is 0. The van der Waals surface area contributed by atoms with E-state index >= 15 is 0 Å². The summed E-state index contributed by atoms with van der Waals surface area (Å²) in [5.41, 5.74) is 0.0992. The van der Waals surface area contributed by atoms with Crippen molar-refractivity contribution >= 4 is 12.0 Å². The minimum Gasteiger partial charge on any atom is -0.481 e. The van der Waals surface area contributed by atoms with Gasteiger partial charge in [0, 0.05) is 32.2 Å². The molecule has 0 bridgehead atoms. The molecule has 1 N–H and O–H groups in total. The third kappa shape index (κ3) is 3.00. The van der Waals surface area contributed by atoms with Crippen molar-refractivity contribution in [3.63, 3.8) is 0 Å². The molecule has 0 aromatic heterocycles. The monoisotopic (exact) mass is 297 g/mol. The van der Waals surface area contributed by atoms with Crippen molar-refractivity contribution in [2.45, 2.75) is 31.7 Å². The summed E-state index contributed by atoms with van der Waals surface area (Å²) in [5.74, 6) is -1.22. The highest BCUT2D eigenvalue weighted by Gasteiger charge is 2.43. The molecular weight excluding hydrogens is 270 g/mol. The predicted octanol–water partition coefficient (Wildman–Crippen LogP) is 1.18. The molecule has 120 valence electrons. The van der Waals surface area contributed by atoms with Crippen LogP contribution in [0.4, 0.5) is 4.79 Å². The van der Waals surface area contributed by atoms with Gasteiger partial charge < -0.3 is 19.8 Å². The zero-order valence-corrected chi connectivity index (χ0v) is 13.5. The number of carboxylic acid groups (broad SMARTS) is 1. The molecule has 2 amide bonds. The lowest BCUT2D eigenvalue weighted by Gasteiger charge is -2.49. The number of rotatable bonds is 4. The normalized spacial score (nSPS) is 27.6. The molecule has 2 fully saturated rings. The molecule has 0 spiro atoms. The average molecular weight is 297 g/mol. The van der Waals surface area contributed by atoms with Gasteiger partial charge in [0.15, 0.2) is 0 Å². The summed E-state index contributed by atoms with van der Waals surface area (Å²) < 4.78 is 0. The van der Waals surface area contributed by atoms with Crippen molar-refractivity contribution in [3.8, 4) is 0 Å². The second-order valence-corrected chi connectivity index (χ2v) is 6.94. The Hall–Kier alpha value is -1.30. The number of hydrogen-bond donors (Lipinski definition) is 1. The fourth-order valence-electron chi connectivity index (χ4n) is 3.53. The summed E-state index contributed by atoms with van der Waals surface area (Å²) in [6, 6.07) is -0.0428. The van der Waals surface area contributed by atoms with Crippen LogP contribution in [0.15, 0.2) is 0 Å². The molecule has 6 heteroatoms. The van der Waals surface area contributed by atoms with E-state index in [1.165, 1.54) is 6.42 Å². The smallest absolute Gasteiger partial charge is 0.319 e. The van der Waals surface area contributed by atoms with Crippen LogP contribution in [0.25, 0.3) is 0 Å². The van der Waals surface area contributed by atoms with Gasteiger partial charge in [0.2, 0.25) is 0 Å². The van der Waals surface area contributed by atoms with Crippen LogP contribution in [-0.2, 0) is 4.79 Å². The Labute approximate surface area is 126 Å². The molecule has 2 atom stereocenters. The molecule has 2 rings (SSSR count). The molecule has 1 aliphatic heterocycles. The number of carbonyl (C=O) groups is 2. The fourth-order valence-corrected chi connectivity index (χ4v) is 3.53. The zero-order chi connectivity index (χ0) is 15.8. The first kappa shape index (κ1) is 16.1. The molecule has 0 aromatic carbocycles. The van der Waals surface area contributed by atoms with Gasteiger partial charge in [-0.1, -0.05) is 6.92 Å². The molecule has 2 unspecified atom stereocenters.